The quantitative estimate of drug-likeness (QED) is 0.857. The maximum Gasteiger partial charge on any atom is 0.407 e. The number of ether oxygens (including phenoxy) is 1. The van der Waals surface area contributed by atoms with Gasteiger partial charge in [0.15, 0.2) is 0 Å². The zero-order valence-electron chi connectivity index (χ0n) is 10.9. The van der Waals surface area contributed by atoms with Gasteiger partial charge in [0.05, 0.1) is 6.54 Å². The first-order valence-electron chi connectivity index (χ1n) is 6.53. The third kappa shape index (κ3) is 3.71. The van der Waals surface area contributed by atoms with E-state index in [4.69, 9.17) is 4.74 Å². The van der Waals surface area contributed by atoms with E-state index in [1.54, 1.807) is 0 Å². The third-order valence-electron chi connectivity index (χ3n) is 3.00. The van der Waals surface area contributed by atoms with Crippen molar-refractivity contribution in [1.29, 1.82) is 0 Å². The van der Waals surface area contributed by atoms with Gasteiger partial charge in [0.2, 0.25) is 5.91 Å². The number of carbonyl (C=O) groups excluding carboxylic acids is 2. The summed E-state index contributed by atoms with van der Waals surface area (Å²) in [4.78, 5) is 22.5. The lowest BCUT2D eigenvalue weighted by Crippen LogP contribution is -2.12. The Morgan fingerprint density at radius 2 is 2.16 bits per heavy atom. The molecule has 2 rings (SSSR count). The summed E-state index contributed by atoms with van der Waals surface area (Å²) < 4.78 is 5.08. The molecule has 0 spiro atoms. The van der Waals surface area contributed by atoms with E-state index in [0.29, 0.717) is 13.0 Å². The summed E-state index contributed by atoms with van der Waals surface area (Å²) in [6.45, 7) is 2.54. The average molecular weight is 262 g/mol. The molecule has 1 heterocycles. The molecule has 0 aliphatic carbocycles. The number of hydrogen-bond donors (Lipinski definition) is 2. The van der Waals surface area contributed by atoms with Crippen LogP contribution in [0, 0.1) is 0 Å². The summed E-state index contributed by atoms with van der Waals surface area (Å²) in [7, 11) is 0. The van der Waals surface area contributed by atoms with Crippen LogP contribution in [-0.2, 0) is 9.53 Å². The van der Waals surface area contributed by atoms with Crippen LogP contribution in [0.3, 0.4) is 0 Å². The van der Waals surface area contributed by atoms with Gasteiger partial charge in [-0.2, -0.15) is 0 Å². The van der Waals surface area contributed by atoms with Crippen molar-refractivity contribution in [3.63, 3.8) is 0 Å². The fourth-order valence-electron chi connectivity index (χ4n) is 1.92. The maximum atomic E-state index is 11.6. The molecule has 1 aromatic rings. The van der Waals surface area contributed by atoms with Crippen LogP contribution in [0.15, 0.2) is 24.3 Å². The van der Waals surface area contributed by atoms with Crippen molar-refractivity contribution in [2.24, 2.45) is 0 Å². The molecule has 1 aliphatic heterocycles. The Bertz CT molecular complexity index is 456. The molecule has 5 nitrogen and oxygen atoms in total. The highest BCUT2D eigenvalue weighted by atomic mass is 16.6. The van der Waals surface area contributed by atoms with Crippen LogP contribution in [0.4, 0.5) is 10.5 Å². The van der Waals surface area contributed by atoms with Gasteiger partial charge in [0.1, 0.15) is 6.10 Å². The van der Waals surface area contributed by atoms with Crippen molar-refractivity contribution in [1.82, 2.24) is 5.32 Å². The maximum absolute atomic E-state index is 11.6. The predicted octanol–water partition coefficient (Wildman–Crippen LogP) is 2.60. The highest BCUT2D eigenvalue weighted by Crippen LogP contribution is 2.22. The van der Waals surface area contributed by atoms with Crippen molar-refractivity contribution < 1.29 is 14.3 Å². The highest BCUT2D eigenvalue weighted by molar-refractivity contribution is 5.90. The molecular formula is C14H18N2O3. The molecule has 1 saturated heterocycles. The first-order chi connectivity index (χ1) is 9.19. The minimum Gasteiger partial charge on any atom is -0.439 e. The number of anilines is 1. The SMILES string of the molecule is CCCCC(=O)Nc1ccc(C2CNC(=O)O2)cc1. The van der Waals surface area contributed by atoms with E-state index in [1.165, 1.54) is 0 Å². The lowest BCUT2D eigenvalue weighted by molar-refractivity contribution is -0.116. The molecule has 102 valence electrons. The Hall–Kier alpha value is -2.04. The Balaban J connectivity index is 1.91. The summed E-state index contributed by atoms with van der Waals surface area (Å²) in [5.74, 6) is 0.0311. The highest BCUT2D eigenvalue weighted by Gasteiger charge is 2.23. The molecule has 2 amide bonds. The third-order valence-corrected chi connectivity index (χ3v) is 3.00. The molecule has 19 heavy (non-hydrogen) atoms. The molecule has 0 radical (unpaired) electrons. The number of nitrogens with one attached hydrogen (secondary N) is 2. The molecule has 1 fully saturated rings. The Kier molecular flexibility index (Phi) is 4.39. The van der Waals surface area contributed by atoms with Crippen LogP contribution in [0.5, 0.6) is 0 Å². The molecule has 1 aliphatic rings. The second kappa shape index (κ2) is 6.22. The predicted molar refractivity (Wildman–Crippen MR) is 71.8 cm³/mol. The number of hydrogen-bond acceptors (Lipinski definition) is 3. The van der Waals surface area contributed by atoms with Crippen LogP contribution >= 0.6 is 0 Å². The summed E-state index contributed by atoms with van der Waals surface area (Å²) in [6.07, 6.45) is 1.82. The Morgan fingerprint density at radius 3 is 2.74 bits per heavy atom. The van der Waals surface area contributed by atoms with Crippen LogP contribution in [0.2, 0.25) is 0 Å². The van der Waals surface area contributed by atoms with Gasteiger partial charge in [-0.25, -0.2) is 4.79 Å². The van der Waals surface area contributed by atoms with Gasteiger partial charge in [-0.05, 0) is 24.1 Å². The second-order valence-electron chi connectivity index (χ2n) is 4.55. The molecule has 0 aromatic heterocycles. The molecule has 1 atom stereocenters. The number of alkyl carbamates (subject to hydrolysis) is 1. The van der Waals surface area contributed by atoms with Crippen LogP contribution in [-0.4, -0.2) is 18.5 Å². The van der Waals surface area contributed by atoms with Crippen molar-refractivity contribution in [2.45, 2.75) is 32.3 Å². The zero-order chi connectivity index (χ0) is 13.7. The Labute approximate surface area is 112 Å². The first kappa shape index (κ1) is 13.4. The van der Waals surface area contributed by atoms with Gasteiger partial charge in [-0.15, -0.1) is 0 Å². The number of rotatable bonds is 5. The number of benzene rings is 1. The van der Waals surface area contributed by atoms with Crippen molar-refractivity contribution in [3.8, 4) is 0 Å². The topological polar surface area (TPSA) is 67.4 Å². The van der Waals surface area contributed by atoms with Gasteiger partial charge in [-0.1, -0.05) is 25.5 Å². The van der Waals surface area contributed by atoms with Gasteiger partial charge in [0.25, 0.3) is 0 Å². The van der Waals surface area contributed by atoms with E-state index in [2.05, 4.69) is 17.6 Å². The summed E-state index contributed by atoms with van der Waals surface area (Å²) in [6, 6.07) is 7.37. The van der Waals surface area contributed by atoms with Crippen molar-refractivity contribution in [3.05, 3.63) is 29.8 Å². The van der Waals surface area contributed by atoms with Gasteiger partial charge in [-0.3, -0.25) is 4.79 Å². The average Bonchev–Trinajstić information content (AvgIpc) is 2.84. The summed E-state index contributed by atoms with van der Waals surface area (Å²) in [5.41, 5.74) is 1.69. The van der Waals surface area contributed by atoms with E-state index in [-0.39, 0.29) is 18.1 Å². The number of amides is 2. The monoisotopic (exact) mass is 262 g/mol. The minimum atomic E-state index is -0.387. The molecule has 2 N–H and O–H groups in total. The fourth-order valence-corrected chi connectivity index (χ4v) is 1.92. The van der Waals surface area contributed by atoms with Gasteiger partial charge < -0.3 is 15.4 Å². The smallest absolute Gasteiger partial charge is 0.407 e. The number of cyclic esters (lactones) is 1. The summed E-state index contributed by atoms with van der Waals surface area (Å²) >= 11 is 0. The van der Waals surface area contributed by atoms with Crippen molar-refractivity contribution >= 4 is 17.7 Å². The number of unbranched alkanes of at least 4 members (excludes halogenated alkanes) is 1. The molecule has 0 bridgehead atoms. The largest absolute Gasteiger partial charge is 0.439 e. The fraction of sp³-hybridized carbons (Fsp3) is 0.429. The normalized spacial score (nSPS) is 17.7. The second-order valence-corrected chi connectivity index (χ2v) is 4.55. The lowest BCUT2D eigenvalue weighted by atomic mass is 10.1. The lowest BCUT2D eigenvalue weighted by Gasteiger charge is -2.09. The first-order valence-corrected chi connectivity index (χ1v) is 6.53. The van der Waals surface area contributed by atoms with Gasteiger partial charge in [0, 0.05) is 12.1 Å². The van der Waals surface area contributed by atoms with E-state index < -0.39 is 0 Å². The van der Waals surface area contributed by atoms with E-state index >= 15 is 0 Å². The van der Waals surface area contributed by atoms with E-state index in [1.807, 2.05) is 24.3 Å². The molecule has 1 unspecified atom stereocenters. The summed E-state index contributed by atoms with van der Waals surface area (Å²) in [5, 5.41) is 5.45. The van der Waals surface area contributed by atoms with Crippen LogP contribution in [0.25, 0.3) is 0 Å². The standard InChI is InChI=1S/C14H18N2O3/c1-2-3-4-13(17)16-11-7-5-10(6-8-11)12-9-15-14(18)19-12/h5-8,12H,2-4,9H2,1H3,(H,15,18)(H,16,17). The molecule has 1 aromatic carbocycles. The Morgan fingerprint density at radius 1 is 1.42 bits per heavy atom. The molecular weight excluding hydrogens is 244 g/mol. The molecule has 0 saturated carbocycles. The number of carbonyl (C=O) groups is 2. The van der Waals surface area contributed by atoms with Gasteiger partial charge >= 0.3 is 6.09 Å². The zero-order valence-corrected chi connectivity index (χ0v) is 10.9. The van der Waals surface area contributed by atoms with Crippen molar-refractivity contribution in [2.75, 3.05) is 11.9 Å². The van der Waals surface area contributed by atoms with E-state index in [0.717, 1.165) is 24.1 Å². The minimum absolute atomic E-state index is 0.0311. The van der Waals surface area contributed by atoms with Crippen LogP contribution < -0.4 is 10.6 Å². The van der Waals surface area contributed by atoms with E-state index in [9.17, 15) is 9.59 Å². The van der Waals surface area contributed by atoms with Crippen LogP contribution in [0.1, 0.15) is 37.9 Å². The molecule has 5 heteroatoms.